The average Bonchev–Trinajstić information content (AvgIpc) is 3.25. The van der Waals surface area contributed by atoms with Gasteiger partial charge in [-0.25, -0.2) is 4.72 Å². The summed E-state index contributed by atoms with van der Waals surface area (Å²) in [4.78, 5) is 29.2. The number of thioether (sulfide) groups is 1. The number of fused-ring (bicyclic) bond motifs is 1. The van der Waals surface area contributed by atoms with E-state index >= 15 is 0 Å². The highest BCUT2D eigenvalue weighted by molar-refractivity contribution is 7.98. The zero-order chi connectivity index (χ0) is 27.8. The van der Waals surface area contributed by atoms with Crippen molar-refractivity contribution in [3.8, 4) is 11.5 Å². The standard InChI is InChI=1S/C25H33ClN4O6S2/c1-13-10-20(37-5)18(24(32)29-13)12-28-23(31)17-11-19(26)22-21(14(17)2)35-25(3,36-22)15-6-8-16(9-7-15)30-38(33,34)27-4/h10-11,15-16,27,30H,6-9,12H2,1-5H3,(H,28,31)(H,29,32). The molecule has 0 saturated heterocycles. The Morgan fingerprint density at radius 3 is 2.47 bits per heavy atom. The summed E-state index contributed by atoms with van der Waals surface area (Å²) in [6, 6.07) is 3.27. The first-order valence-electron chi connectivity index (χ1n) is 12.3. The van der Waals surface area contributed by atoms with Crippen LogP contribution in [0.15, 0.2) is 21.8 Å². The molecule has 2 heterocycles. The average molecular weight is 585 g/mol. The highest BCUT2D eigenvalue weighted by atomic mass is 35.5. The SMILES string of the molecule is CNS(=O)(=O)NC1CCC(C2(C)Oc3c(Cl)cc(C(=O)NCc4c(SC)cc(C)[nH]c4=O)c(C)c3O2)CC1. The maximum atomic E-state index is 13.2. The minimum atomic E-state index is -3.51. The summed E-state index contributed by atoms with van der Waals surface area (Å²) in [6.45, 7) is 5.49. The third kappa shape index (κ3) is 5.84. The molecule has 0 spiro atoms. The van der Waals surface area contributed by atoms with Crippen molar-refractivity contribution >= 4 is 39.5 Å². The molecule has 208 valence electrons. The number of ether oxygens (including phenoxy) is 2. The van der Waals surface area contributed by atoms with Crippen LogP contribution in [0.25, 0.3) is 0 Å². The molecule has 2 aromatic rings. The van der Waals surface area contributed by atoms with Crippen LogP contribution in [0.5, 0.6) is 11.5 Å². The molecule has 1 unspecified atom stereocenters. The number of aromatic nitrogens is 1. The van der Waals surface area contributed by atoms with Crippen LogP contribution in [0, 0.1) is 19.8 Å². The van der Waals surface area contributed by atoms with E-state index in [0.29, 0.717) is 53.9 Å². The molecule has 1 saturated carbocycles. The molecule has 1 aliphatic carbocycles. The fourth-order valence-electron chi connectivity index (χ4n) is 5.06. The number of benzene rings is 1. The number of H-pyrrole nitrogens is 1. The molecule has 2 aliphatic rings. The van der Waals surface area contributed by atoms with Crippen molar-refractivity contribution in [2.24, 2.45) is 5.92 Å². The Morgan fingerprint density at radius 2 is 1.84 bits per heavy atom. The molecule has 0 radical (unpaired) electrons. The van der Waals surface area contributed by atoms with Crippen molar-refractivity contribution in [1.29, 1.82) is 0 Å². The molecule has 1 fully saturated rings. The van der Waals surface area contributed by atoms with Gasteiger partial charge in [0.2, 0.25) is 0 Å². The van der Waals surface area contributed by atoms with E-state index in [-0.39, 0.29) is 35.0 Å². The normalized spacial score (nSPS) is 22.9. The summed E-state index contributed by atoms with van der Waals surface area (Å²) in [5, 5.41) is 3.09. The summed E-state index contributed by atoms with van der Waals surface area (Å²) in [7, 11) is -2.14. The molecule has 1 aromatic heterocycles. The van der Waals surface area contributed by atoms with Crippen molar-refractivity contribution in [3.63, 3.8) is 0 Å². The van der Waals surface area contributed by atoms with Crippen LogP contribution < -0.4 is 29.8 Å². The number of halogens is 1. The van der Waals surface area contributed by atoms with Crippen LogP contribution >= 0.6 is 23.4 Å². The lowest BCUT2D eigenvalue weighted by Crippen LogP contribution is -2.48. The zero-order valence-electron chi connectivity index (χ0n) is 22.0. The number of nitrogens with one attached hydrogen (secondary N) is 4. The van der Waals surface area contributed by atoms with Gasteiger partial charge in [-0.05, 0) is 57.9 Å². The first-order chi connectivity index (χ1) is 17.9. The Morgan fingerprint density at radius 1 is 1.18 bits per heavy atom. The third-order valence-corrected chi connectivity index (χ3v) is 9.49. The van der Waals surface area contributed by atoms with Gasteiger partial charge in [0.15, 0.2) is 11.5 Å². The number of hydrogen-bond donors (Lipinski definition) is 4. The molecule has 4 rings (SSSR count). The molecular formula is C25H33ClN4O6S2. The summed E-state index contributed by atoms with van der Waals surface area (Å²) >= 11 is 7.99. The van der Waals surface area contributed by atoms with Crippen LogP contribution in [-0.2, 0) is 16.8 Å². The van der Waals surface area contributed by atoms with Gasteiger partial charge in [-0.3, -0.25) is 9.59 Å². The van der Waals surface area contributed by atoms with Gasteiger partial charge < -0.3 is 19.8 Å². The number of carbonyl (C=O) groups is 1. The Kier molecular flexibility index (Phi) is 8.39. The van der Waals surface area contributed by atoms with Crippen LogP contribution in [0.4, 0.5) is 0 Å². The van der Waals surface area contributed by atoms with Crippen LogP contribution in [0.2, 0.25) is 5.02 Å². The maximum absolute atomic E-state index is 13.2. The number of amides is 1. The lowest BCUT2D eigenvalue weighted by Gasteiger charge is -2.37. The van der Waals surface area contributed by atoms with Gasteiger partial charge in [-0.2, -0.15) is 13.1 Å². The molecule has 1 atom stereocenters. The molecule has 1 aliphatic heterocycles. The summed E-state index contributed by atoms with van der Waals surface area (Å²) < 4.78 is 41.2. The highest BCUT2D eigenvalue weighted by Gasteiger charge is 2.47. The summed E-state index contributed by atoms with van der Waals surface area (Å²) in [5.74, 6) is -0.576. The minimum absolute atomic E-state index is 0.00351. The molecule has 1 aromatic carbocycles. The lowest BCUT2D eigenvalue weighted by atomic mass is 9.81. The molecular weight excluding hydrogens is 552 g/mol. The Labute approximate surface area is 231 Å². The summed E-state index contributed by atoms with van der Waals surface area (Å²) in [5.41, 5.74) is 1.93. The minimum Gasteiger partial charge on any atom is -0.448 e. The maximum Gasteiger partial charge on any atom is 0.276 e. The van der Waals surface area contributed by atoms with E-state index < -0.39 is 16.0 Å². The number of pyridine rings is 1. The predicted molar refractivity (Wildman–Crippen MR) is 147 cm³/mol. The van der Waals surface area contributed by atoms with Gasteiger partial charge in [0.05, 0.1) is 5.02 Å². The van der Waals surface area contributed by atoms with Gasteiger partial charge in [0, 0.05) is 59.8 Å². The summed E-state index contributed by atoms with van der Waals surface area (Å²) in [6.07, 6.45) is 4.54. The van der Waals surface area contributed by atoms with E-state index in [0.717, 1.165) is 10.6 Å². The predicted octanol–water partition coefficient (Wildman–Crippen LogP) is 3.40. The zero-order valence-corrected chi connectivity index (χ0v) is 24.4. The molecule has 4 N–H and O–H groups in total. The third-order valence-electron chi connectivity index (χ3n) is 7.23. The van der Waals surface area contributed by atoms with Crippen molar-refractivity contribution < 1.29 is 22.7 Å². The van der Waals surface area contributed by atoms with E-state index in [1.54, 1.807) is 13.0 Å². The van der Waals surface area contributed by atoms with Gasteiger partial charge in [0.25, 0.3) is 27.5 Å². The largest absolute Gasteiger partial charge is 0.448 e. The Balaban J connectivity index is 1.48. The number of aryl methyl sites for hydroxylation is 1. The number of aromatic amines is 1. The highest BCUT2D eigenvalue weighted by Crippen LogP contribution is 2.51. The topological polar surface area (TPSA) is 139 Å². The number of rotatable bonds is 8. The van der Waals surface area contributed by atoms with Gasteiger partial charge in [0.1, 0.15) is 0 Å². The van der Waals surface area contributed by atoms with Crippen LogP contribution in [0.3, 0.4) is 0 Å². The molecule has 38 heavy (non-hydrogen) atoms. The fourth-order valence-corrected chi connectivity index (χ4v) is 6.79. The Bertz CT molecular complexity index is 1410. The van der Waals surface area contributed by atoms with Crippen molar-refractivity contribution in [2.45, 2.75) is 69.7 Å². The quantitative estimate of drug-likeness (QED) is 0.349. The van der Waals surface area contributed by atoms with Crippen molar-refractivity contribution in [1.82, 2.24) is 19.7 Å². The van der Waals surface area contributed by atoms with Gasteiger partial charge in [-0.15, -0.1) is 11.8 Å². The van der Waals surface area contributed by atoms with E-state index in [2.05, 4.69) is 19.7 Å². The van der Waals surface area contributed by atoms with E-state index in [9.17, 15) is 18.0 Å². The molecule has 1 amide bonds. The van der Waals surface area contributed by atoms with Gasteiger partial charge in [-0.1, -0.05) is 11.6 Å². The Hall–Kier alpha value is -2.25. The molecule has 13 heteroatoms. The van der Waals surface area contributed by atoms with E-state index in [1.807, 2.05) is 26.2 Å². The second-order valence-electron chi connectivity index (χ2n) is 9.79. The fraction of sp³-hybridized carbons (Fsp3) is 0.520. The van der Waals surface area contributed by atoms with Crippen molar-refractivity contribution in [3.05, 3.63) is 49.9 Å². The van der Waals surface area contributed by atoms with Crippen LogP contribution in [-0.4, -0.2) is 44.4 Å². The first-order valence-corrected chi connectivity index (χ1v) is 15.4. The second-order valence-corrected chi connectivity index (χ2v) is 12.7. The smallest absolute Gasteiger partial charge is 0.276 e. The van der Waals surface area contributed by atoms with Crippen LogP contribution in [0.1, 0.15) is 59.8 Å². The van der Waals surface area contributed by atoms with E-state index in [4.69, 9.17) is 21.1 Å². The number of carbonyl (C=O) groups excluding carboxylic acids is 1. The van der Waals surface area contributed by atoms with Gasteiger partial charge >= 0.3 is 0 Å². The van der Waals surface area contributed by atoms with Crippen molar-refractivity contribution in [2.75, 3.05) is 13.3 Å². The molecule has 10 nitrogen and oxygen atoms in total. The second kappa shape index (κ2) is 11.1. The van der Waals surface area contributed by atoms with E-state index in [1.165, 1.54) is 18.8 Å². The first kappa shape index (κ1) is 28.8. The lowest BCUT2D eigenvalue weighted by molar-refractivity contribution is -0.121. The number of hydrogen-bond acceptors (Lipinski definition) is 7. The monoisotopic (exact) mass is 584 g/mol. The molecule has 0 bridgehead atoms.